The molecular weight excluding hydrogens is 272 g/mol. The van der Waals surface area contributed by atoms with Crippen LogP contribution in [0.1, 0.15) is 24.9 Å². The van der Waals surface area contributed by atoms with Gasteiger partial charge in [0.2, 0.25) is 11.8 Å². The predicted molar refractivity (Wildman–Crippen MR) is 77.3 cm³/mol. The molecule has 1 heterocycles. The van der Waals surface area contributed by atoms with Crippen LogP contribution in [0.4, 0.5) is 10.5 Å². The summed E-state index contributed by atoms with van der Waals surface area (Å²) in [5.41, 5.74) is 6.52. The molecule has 0 aliphatic carbocycles. The molecule has 5 N–H and O–H groups in total. The summed E-state index contributed by atoms with van der Waals surface area (Å²) in [6, 6.07) is 6.22. The lowest BCUT2D eigenvalue weighted by Crippen LogP contribution is -2.33. The highest BCUT2D eigenvalue weighted by Crippen LogP contribution is 2.17. The second-order valence-electron chi connectivity index (χ2n) is 5.05. The van der Waals surface area contributed by atoms with Crippen molar-refractivity contribution in [2.24, 2.45) is 11.7 Å². The first kappa shape index (κ1) is 14.8. The van der Waals surface area contributed by atoms with E-state index in [1.54, 1.807) is 24.3 Å². The molecule has 1 aromatic rings. The zero-order valence-corrected chi connectivity index (χ0v) is 11.7. The average Bonchev–Trinajstić information content (AvgIpc) is 2.85. The summed E-state index contributed by atoms with van der Waals surface area (Å²) >= 11 is 0. The van der Waals surface area contributed by atoms with Crippen LogP contribution < -0.4 is 21.7 Å². The van der Waals surface area contributed by atoms with Crippen LogP contribution in [0.2, 0.25) is 0 Å². The number of anilines is 1. The van der Waals surface area contributed by atoms with Gasteiger partial charge in [-0.25, -0.2) is 4.79 Å². The Kier molecular flexibility index (Phi) is 4.42. The Balaban J connectivity index is 1.93. The molecule has 1 aliphatic heterocycles. The number of benzene rings is 1. The fourth-order valence-corrected chi connectivity index (χ4v) is 2.20. The molecule has 0 aromatic heterocycles. The van der Waals surface area contributed by atoms with E-state index in [4.69, 9.17) is 5.73 Å². The summed E-state index contributed by atoms with van der Waals surface area (Å²) in [6.07, 6.45) is 0.236. The first-order valence-electron chi connectivity index (χ1n) is 6.69. The summed E-state index contributed by atoms with van der Waals surface area (Å²) < 4.78 is 0. The number of carbonyl (C=O) groups is 3. The maximum atomic E-state index is 12.0. The highest BCUT2D eigenvalue weighted by atomic mass is 16.2. The van der Waals surface area contributed by atoms with Gasteiger partial charge in [0, 0.05) is 18.7 Å². The number of primary amides is 1. The summed E-state index contributed by atoms with van der Waals surface area (Å²) in [6.45, 7) is 2.25. The lowest BCUT2D eigenvalue weighted by molar-refractivity contribution is -0.127. The van der Waals surface area contributed by atoms with Gasteiger partial charge in [0.25, 0.3) is 0 Å². The highest BCUT2D eigenvalue weighted by Gasteiger charge is 2.28. The van der Waals surface area contributed by atoms with Crippen LogP contribution in [0.25, 0.3) is 0 Å². The van der Waals surface area contributed by atoms with E-state index in [1.807, 2.05) is 6.92 Å². The van der Waals surface area contributed by atoms with Crippen molar-refractivity contribution in [2.45, 2.75) is 19.4 Å². The van der Waals surface area contributed by atoms with Crippen LogP contribution in [0.3, 0.4) is 0 Å². The highest BCUT2D eigenvalue weighted by molar-refractivity contribution is 5.89. The second kappa shape index (κ2) is 6.25. The zero-order valence-electron chi connectivity index (χ0n) is 11.7. The number of rotatable bonds is 4. The van der Waals surface area contributed by atoms with Gasteiger partial charge in [-0.2, -0.15) is 0 Å². The number of nitrogens with two attached hydrogens (primary N) is 1. The van der Waals surface area contributed by atoms with Gasteiger partial charge >= 0.3 is 6.03 Å². The molecular formula is C14H18N4O3. The van der Waals surface area contributed by atoms with Crippen LogP contribution in [-0.4, -0.2) is 24.4 Å². The van der Waals surface area contributed by atoms with Crippen molar-refractivity contribution >= 4 is 23.5 Å². The third-order valence-electron chi connectivity index (χ3n) is 3.39. The minimum atomic E-state index is -0.623. The molecule has 21 heavy (non-hydrogen) atoms. The number of hydrogen-bond donors (Lipinski definition) is 4. The minimum absolute atomic E-state index is 0.0929. The Morgan fingerprint density at radius 3 is 2.52 bits per heavy atom. The van der Waals surface area contributed by atoms with Gasteiger partial charge in [-0.1, -0.05) is 12.1 Å². The van der Waals surface area contributed by atoms with Crippen LogP contribution in [0.5, 0.6) is 0 Å². The van der Waals surface area contributed by atoms with Crippen molar-refractivity contribution in [1.29, 1.82) is 0 Å². The SMILES string of the molecule is CC(NC(=O)C1CNC(=O)C1)c1ccc(NC(N)=O)cc1. The monoisotopic (exact) mass is 290 g/mol. The molecule has 4 amide bonds. The van der Waals surface area contributed by atoms with E-state index in [9.17, 15) is 14.4 Å². The van der Waals surface area contributed by atoms with Crippen molar-refractivity contribution in [3.8, 4) is 0 Å². The lowest BCUT2D eigenvalue weighted by atomic mass is 10.0. The van der Waals surface area contributed by atoms with E-state index in [1.165, 1.54) is 0 Å². The normalized spacial score (nSPS) is 18.7. The first-order chi connectivity index (χ1) is 9.95. The topological polar surface area (TPSA) is 113 Å². The summed E-state index contributed by atoms with van der Waals surface area (Å²) in [4.78, 5) is 33.8. The molecule has 0 bridgehead atoms. The minimum Gasteiger partial charge on any atom is -0.355 e. The Hall–Kier alpha value is -2.57. The Morgan fingerprint density at radius 1 is 1.33 bits per heavy atom. The van der Waals surface area contributed by atoms with E-state index >= 15 is 0 Å². The van der Waals surface area contributed by atoms with Crippen LogP contribution >= 0.6 is 0 Å². The summed E-state index contributed by atoms with van der Waals surface area (Å²) in [7, 11) is 0. The summed E-state index contributed by atoms with van der Waals surface area (Å²) in [5, 5.41) is 7.98. The Morgan fingerprint density at radius 2 is 2.00 bits per heavy atom. The van der Waals surface area contributed by atoms with Crippen LogP contribution in [-0.2, 0) is 9.59 Å². The molecule has 1 fully saturated rings. The standard InChI is InChI=1S/C14H18N4O3/c1-8(17-13(20)10-6-12(19)16-7-10)9-2-4-11(5-3-9)18-14(15)21/h2-5,8,10H,6-7H2,1H3,(H,16,19)(H,17,20)(H3,15,18,21). The van der Waals surface area contributed by atoms with E-state index in [0.717, 1.165) is 5.56 Å². The van der Waals surface area contributed by atoms with Crippen molar-refractivity contribution < 1.29 is 14.4 Å². The zero-order chi connectivity index (χ0) is 15.4. The smallest absolute Gasteiger partial charge is 0.316 e. The van der Waals surface area contributed by atoms with Gasteiger partial charge in [-0.05, 0) is 24.6 Å². The number of carbonyl (C=O) groups excluding carboxylic acids is 3. The van der Waals surface area contributed by atoms with Gasteiger partial charge in [0.1, 0.15) is 0 Å². The van der Waals surface area contributed by atoms with Crippen molar-refractivity contribution in [3.05, 3.63) is 29.8 Å². The second-order valence-corrected chi connectivity index (χ2v) is 5.05. The molecule has 1 aliphatic rings. The fraction of sp³-hybridized carbons (Fsp3) is 0.357. The van der Waals surface area contributed by atoms with Crippen LogP contribution in [0.15, 0.2) is 24.3 Å². The molecule has 2 unspecified atom stereocenters. The largest absolute Gasteiger partial charge is 0.355 e. The van der Waals surface area contributed by atoms with Gasteiger partial charge in [0.15, 0.2) is 0 Å². The van der Waals surface area contributed by atoms with E-state index in [-0.39, 0.29) is 30.2 Å². The molecule has 2 atom stereocenters. The van der Waals surface area contributed by atoms with Gasteiger partial charge < -0.3 is 21.7 Å². The van der Waals surface area contributed by atoms with Crippen molar-refractivity contribution in [1.82, 2.24) is 10.6 Å². The van der Waals surface area contributed by atoms with Gasteiger partial charge in [-0.15, -0.1) is 0 Å². The predicted octanol–water partition coefficient (Wildman–Crippen LogP) is 0.490. The van der Waals surface area contributed by atoms with Crippen LogP contribution in [0, 0.1) is 5.92 Å². The third kappa shape index (κ3) is 3.95. The number of amides is 4. The first-order valence-corrected chi connectivity index (χ1v) is 6.69. The number of urea groups is 1. The third-order valence-corrected chi connectivity index (χ3v) is 3.39. The van der Waals surface area contributed by atoms with Crippen molar-refractivity contribution in [3.63, 3.8) is 0 Å². The van der Waals surface area contributed by atoms with E-state index in [2.05, 4.69) is 16.0 Å². The molecule has 1 saturated heterocycles. The molecule has 0 radical (unpaired) electrons. The molecule has 7 heteroatoms. The molecule has 112 valence electrons. The fourth-order valence-electron chi connectivity index (χ4n) is 2.20. The molecule has 7 nitrogen and oxygen atoms in total. The Labute approximate surface area is 122 Å². The molecule has 0 spiro atoms. The van der Waals surface area contributed by atoms with Gasteiger partial charge in [-0.3, -0.25) is 9.59 Å². The quantitative estimate of drug-likeness (QED) is 0.647. The number of hydrogen-bond acceptors (Lipinski definition) is 3. The maximum absolute atomic E-state index is 12.0. The van der Waals surface area contributed by atoms with Crippen molar-refractivity contribution in [2.75, 3.05) is 11.9 Å². The molecule has 1 aromatic carbocycles. The van der Waals surface area contributed by atoms with E-state index in [0.29, 0.717) is 12.2 Å². The van der Waals surface area contributed by atoms with Gasteiger partial charge in [0.05, 0.1) is 12.0 Å². The average molecular weight is 290 g/mol. The molecule has 0 saturated carbocycles. The number of nitrogens with one attached hydrogen (secondary N) is 3. The van der Waals surface area contributed by atoms with E-state index < -0.39 is 6.03 Å². The Bertz CT molecular complexity index is 556. The molecule has 2 rings (SSSR count). The maximum Gasteiger partial charge on any atom is 0.316 e. The lowest BCUT2D eigenvalue weighted by Gasteiger charge is -2.17. The summed E-state index contributed by atoms with van der Waals surface area (Å²) in [5.74, 6) is -0.541.